The van der Waals surface area contributed by atoms with Crippen LogP contribution < -0.4 is 10.7 Å². The van der Waals surface area contributed by atoms with Crippen LogP contribution in [0, 0.1) is 13.8 Å². The van der Waals surface area contributed by atoms with Crippen molar-refractivity contribution < 1.29 is 14.4 Å². The van der Waals surface area contributed by atoms with Crippen LogP contribution in [0.1, 0.15) is 23.6 Å². The van der Waals surface area contributed by atoms with Crippen LogP contribution in [0.5, 0.6) is 0 Å². The molecule has 10 heteroatoms. The number of rotatable bonds is 7. The summed E-state index contributed by atoms with van der Waals surface area (Å²) in [6, 6.07) is 24.0. The average molecular weight is 527 g/mol. The highest BCUT2D eigenvalue weighted by molar-refractivity contribution is 7.99. The third kappa shape index (κ3) is 4.66. The van der Waals surface area contributed by atoms with E-state index in [1.165, 1.54) is 11.8 Å². The molecule has 0 aliphatic carbocycles. The number of urea groups is 1. The number of carbonyl (C=O) groups excluding carboxylic acids is 3. The summed E-state index contributed by atoms with van der Waals surface area (Å²) in [6.07, 6.45) is 0. The zero-order chi connectivity index (χ0) is 26.9. The van der Waals surface area contributed by atoms with Gasteiger partial charge in [-0.05, 0) is 49.6 Å². The SMILES string of the molecule is Cc1ccc(-n2c(SCC(=O)NN3C(=O)N[C@@](C)(c4ccccc4)C3=O)nnc2-c2ccccc2)cc1C. The second-order valence-electron chi connectivity index (χ2n) is 9.16. The van der Waals surface area contributed by atoms with Crippen LogP contribution in [-0.4, -0.2) is 43.4 Å². The lowest BCUT2D eigenvalue weighted by Gasteiger charge is -2.22. The Kier molecular flexibility index (Phi) is 6.73. The molecule has 0 saturated carbocycles. The van der Waals surface area contributed by atoms with E-state index in [0.717, 1.165) is 27.4 Å². The fraction of sp³-hybridized carbons (Fsp3) is 0.179. The van der Waals surface area contributed by atoms with Crippen molar-refractivity contribution in [3.63, 3.8) is 0 Å². The number of aromatic nitrogens is 3. The molecule has 0 radical (unpaired) electrons. The Labute approximate surface area is 224 Å². The molecule has 1 atom stereocenters. The molecule has 2 heterocycles. The zero-order valence-corrected chi connectivity index (χ0v) is 22.0. The van der Waals surface area contributed by atoms with Gasteiger partial charge in [-0.15, -0.1) is 10.2 Å². The second-order valence-corrected chi connectivity index (χ2v) is 10.1. The van der Waals surface area contributed by atoms with Gasteiger partial charge < -0.3 is 5.32 Å². The number of hydrogen-bond donors (Lipinski definition) is 2. The lowest BCUT2D eigenvalue weighted by atomic mass is 9.92. The van der Waals surface area contributed by atoms with Gasteiger partial charge in [0, 0.05) is 5.56 Å². The van der Waals surface area contributed by atoms with E-state index in [4.69, 9.17) is 0 Å². The first-order chi connectivity index (χ1) is 18.3. The standard InChI is InChI=1S/C28H26N6O3S/c1-18-14-15-22(16-19(18)2)33-24(20-10-6-4-7-11-20)30-31-27(33)38-17-23(35)32-34-25(36)28(3,29-26(34)37)21-12-8-5-9-13-21/h4-16H,17H2,1-3H3,(H,29,37)(H,32,35)/t28-/m0/s1. The molecule has 1 saturated heterocycles. The van der Waals surface area contributed by atoms with E-state index in [1.807, 2.05) is 73.0 Å². The molecule has 1 fully saturated rings. The van der Waals surface area contributed by atoms with E-state index >= 15 is 0 Å². The maximum absolute atomic E-state index is 13.1. The number of carbonyl (C=O) groups is 3. The van der Waals surface area contributed by atoms with Gasteiger partial charge in [0.05, 0.1) is 11.4 Å². The van der Waals surface area contributed by atoms with Gasteiger partial charge in [-0.25, -0.2) is 4.79 Å². The molecule has 3 aromatic carbocycles. The lowest BCUT2D eigenvalue weighted by Crippen LogP contribution is -2.48. The fourth-order valence-electron chi connectivity index (χ4n) is 4.23. The predicted molar refractivity (Wildman–Crippen MR) is 144 cm³/mol. The van der Waals surface area contributed by atoms with Crippen LogP contribution >= 0.6 is 11.8 Å². The Bertz CT molecular complexity index is 1520. The van der Waals surface area contributed by atoms with E-state index in [0.29, 0.717) is 16.5 Å². The molecule has 0 unspecified atom stereocenters. The maximum atomic E-state index is 13.1. The van der Waals surface area contributed by atoms with Gasteiger partial charge in [-0.3, -0.25) is 19.6 Å². The molecule has 9 nitrogen and oxygen atoms in total. The number of hydrazine groups is 1. The highest BCUT2D eigenvalue weighted by Gasteiger charge is 2.49. The summed E-state index contributed by atoms with van der Waals surface area (Å²) in [5.41, 5.74) is 5.82. The van der Waals surface area contributed by atoms with Crippen molar-refractivity contribution in [2.75, 3.05) is 5.75 Å². The highest BCUT2D eigenvalue weighted by atomic mass is 32.2. The second kappa shape index (κ2) is 10.1. The first-order valence-electron chi connectivity index (χ1n) is 12.0. The van der Waals surface area contributed by atoms with E-state index < -0.39 is 23.4 Å². The van der Waals surface area contributed by atoms with Crippen LogP contribution in [0.25, 0.3) is 17.1 Å². The highest BCUT2D eigenvalue weighted by Crippen LogP contribution is 2.30. The van der Waals surface area contributed by atoms with Crippen molar-refractivity contribution in [1.82, 2.24) is 30.5 Å². The van der Waals surface area contributed by atoms with E-state index in [9.17, 15) is 14.4 Å². The number of aryl methyl sites for hydroxylation is 2. The summed E-state index contributed by atoms with van der Waals surface area (Å²) in [6.45, 7) is 5.69. The number of nitrogens with zero attached hydrogens (tertiary/aromatic N) is 4. The molecule has 4 aromatic rings. The summed E-state index contributed by atoms with van der Waals surface area (Å²) in [5, 5.41) is 12.7. The molecular formula is C28H26N6O3S. The Morgan fingerprint density at radius 3 is 2.32 bits per heavy atom. The molecule has 2 N–H and O–H groups in total. The van der Waals surface area contributed by atoms with Gasteiger partial charge in [0.2, 0.25) is 5.91 Å². The Morgan fingerprint density at radius 2 is 1.63 bits per heavy atom. The predicted octanol–water partition coefficient (Wildman–Crippen LogP) is 4.14. The summed E-state index contributed by atoms with van der Waals surface area (Å²) in [5.74, 6) is -0.524. The van der Waals surface area contributed by atoms with Crippen molar-refractivity contribution in [2.24, 2.45) is 0 Å². The smallest absolute Gasteiger partial charge is 0.318 e. The Hall–Kier alpha value is -4.44. The van der Waals surface area contributed by atoms with Gasteiger partial charge in [-0.2, -0.15) is 5.01 Å². The van der Waals surface area contributed by atoms with Crippen LogP contribution in [0.4, 0.5) is 4.79 Å². The molecule has 1 aromatic heterocycles. The van der Waals surface area contributed by atoms with E-state index in [1.54, 1.807) is 31.2 Å². The van der Waals surface area contributed by atoms with Gasteiger partial charge in [0.15, 0.2) is 11.0 Å². The topological polar surface area (TPSA) is 109 Å². The molecule has 5 rings (SSSR count). The molecule has 1 aliphatic rings. The summed E-state index contributed by atoms with van der Waals surface area (Å²) in [7, 11) is 0. The molecule has 1 aliphatic heterocycles. The minimum atomic E-state index is -1.27. The van der Waals surface area contributed by atoms with E-state index in [-0.39, 0.29) is 5.75 Å². The zero-order valence-electron chi connectivity index (χ0n) is 21.1. The third-order valence-corrected chi connectivity index (χ3v) is 7.45. The first kappa shape index (κ1) is 25.2. The van der Waals surface area contributed by atoms with Crippen molar-refractivity contribution in [3.8, 4) is 17.1 Å². The first-order valence-corrected chi connectivity index (χ1v) is 13.0. The Morgan fingerprint density at radius 1 is 0.947 bits per heavy atom. The Balaban J connectivity index is 1.36. The summed E-state index contributed by atoms with van der Waals surface area (Å²) < 4.78 is 1.90. The van der Waals surface area contributed by atoms with Crippen LogP contribution in [0.3, 0.4) is 0 Å². The van der Waals surface area contributed by atoms with Crippen molar-refractivity contribution in [2.45, 2.75) is 31.5 Å². The monoisotopic (exact) mass is 526 g/mol. The molecular weight excluding hydrogens is 500 g/mol. The van der Waals surface area contributed by atoms with Crippen LogP contribution in [0.2, 0.25) is 0 Å². The number of amides is 4. The average Bonchev–Trinajstić information content (AvgIpc) is 3.45. The molecule has 4 amide bonds. The minimum Gasteiger partial charge on any atom is -0.318 e. The van der Waals surface area contributed by atoms with Crippen LogP contribution in [0.15, 0.2) is 84.0 Å². The summed E-state index contributed by atoms with van der Waals surface area (Å²) in [4.78, 5) is 38.6. The van der Waals surface area contributed by atoms with Crippen molar-refractivity contribution >= 4 is 29.6 Å². The third-order valence-electron chi connectivity index (χ3n) is 6.52. The molecule has 0 bridgehead atoms. The maximum Gasteiger partial charge on any atom is 0.344 e. The number of hydrogen-bond acceptors (Lipinski definition) is 6. The largest absolute Gasteiger partial charge is 0.344 e. The number of benzene rings is 3. The normalized spacial score (nSPS) is 17.0. The van der Waals surface area contributed by atoms with Crippen molar-refractivity contribution in [3.05, 3.63) is 95.6 Å². The number of thioether (sulfide) groups is 1. The molecule has 192 valence electrons. The van der Waals surface area contributed by atoms with E-state index in [2.05, 4.69) is 20.9 Å². The van der Waals surface area contributed by atoms with Crippen LogP contribution in [-0.2, 0) is 15.1 Å². The quantitative estimate of drug-likeness (QED) is 0.277. The summed E-state index contributed by atoms with van der Waals surface area (Å²) >= 11 is 1.17. The van der Waals surface area contributed by atoms with Gasteiger partial charge in [-0.1, -0.05) is 78.5 Å². The van der Waals surface area contributed by atoms with Gasteiger partial charge in [0.25, 0.3) is 5.91 Å². The molecule has 0 spiro atoms. The fourth-order valence-corrected chi connectivity index (χ4v) is 4.97. The number of imide groups is 1. The molecule has 38 heavy (non-hydrogen) atoms. The number of nitrogens with one attached hydrogen (secondary N) is 2. The van der Waals surface area contributed by atoms with Gasteiger partial charge >= 0.3 is 6.03 Å². The minimum absolute atomic E-state index is 0.0864. The van der Waals surface area contributed by atoms with Crippen molar-refractivity contribution in [1.29, 1.82) is 0 Å². The lowest BCUT2D eigenvalue weighted by molar-refractivity contribution is -0.138. The van der Waals surface area contributed by atoms with Gasteiger partial charge in [0.1, 0.15) is 5.54 Å².